The smallest absolute Gasteiger partial charge is 0.113 e. The maximum atomic E-state index is 4.24. The first-order valence-corrected chi connectivity index (χ1v) is 5.25. The highest BCUT2D eigenvalue weighted by molar-refractivity contribution is 5.41. The van der Waals surface area contributed by atoms with Crippen LogP contribution >= 0.6 is 0 Å². The first-order valence-electron chi connectivity index (χ1n) is 5.25. The Kier molecular flexibility index (Phi) is 3.03. The van der Waals surface area contributed by atoms with E-state index in [1.165, 1.54) is 5.56 Å². The Labute approximate surface area is 96.2 Å². The van der Waals surface area contributed by atoms with Crippen LogP contribution in [0.25, 0.3) is 0 Å². The van der Waals surface area contributed by atoms with Crippen molar-refractivity contribution >= 4 is 0 Å². The molecular formula is C15H13N. The van der Waals surface area contributed by atoms with Crippen molar-refractivity contribution in [2.45, 2.75) is 13.8 Å². The molecule has 2 rings (SSSR count). The van der Waals surface area contributed by atoms with E-state index in [1.807, 2.05) is 37.4 Å². The summed E-state index contributed by atoms with van der Waals surface area (Å²) in [5.74, 6) is 6.14. The molecule has 0 aliphatic heterocycles. The quantitative estimate of drug-likeness (QED) is 0.605. The van der Waals surface area contributed by atoms with Gasteiger partial charge in [-0.1, -0.05) is 29.7 Å². The van der Waals surface area contributed by atoms with Gasteiger partial charge in [-0.2, -0.15) is 0 Å². The third-order valence-corrected chi connectivity index (χ3v) is 2.30. The van der Waals surface area contributed by atoms with Crippen molar-refractivity contribution in [2.24, 2.45) is 0 Å². The minimum atomic E-state index is 0.811. The summed E-state index contributed by atoms with van der Waals surface area (Å²) in [5, 5.41) is 0. The topological polar surface area (TPSA) is 12.9 Å². The highest BCUT2D eigenvalue weighted by atomic mass is 14.7. The number of nitrogens with zero attached hydrogens (tertiary/aromatic N) is 1. The fourth-order valence-corrected chi connectivity index (χ4v) is 1.31. The molecule has 0 bridgehead atoms. The van der Waals surface area contributed by atoms with Gasteiger partial charge < -0.3 is 0 Å². The number of rotatable bonds is 0. The molecule has 78 valence electrons. The van der Waals surface area contributed by atoms with E-state index in [0.717, 1.165) is 16.8 Å². The summed E-state index contributed by atoms with van der Waals surface area (Å²) in [5.41, 5.74) is 4.24. The van der Waals surface area contributed by atoms with Crippen molar-refractivity contribution in [1.82, 2.24) is 4.98 Å². The highest BCUT2D eigenvalue weighted by Gasteiger charge is 1.88. The lowest BCUT2D eigenvalue weighted by molar-refractivity contribution is 1.24. The van der Waals surface area contributed by atoms with Crippen LogP contribution in [0.3, 0.4) is 0 Å². The summed E-state index contributed by atoms with van der Waals surface area (Å²) < 4.78 is 0. The minimum absolute atomic E-state index is 0.811. The van der Waals surface area contributed by atoms with Crippen LogP contribution in [-0.4, -0.2) is 4.98 Å². The lowest BCUT2D eigenvalue weighted by atomic mass is 10.1. The maximum absolute atomic E-state index is 4.24. The largest absolute Gasteiger partial charge is 0.248 e. The molecule has 1 aromatic carbocycles. The third-order valence-electron chi connectivity index (χ3n) is 2.30. The van der Waals surface area contributed by atoms with Crippen LogP contribution in [0.15, 0.2) is 42.6 Å². The van der Waals surface area contributed by atoms with Gasteiger partial charge in [-0.3, -0.25) is 0 Å². The Morgan fingerprint density at radius 3 is 2.12 bits per heavy atom. The van der Waals surface area contributed by atoms with E-state index >= 15 is 0 Å². The van der Waals surface area contributed by atoms with E-state index in [1.54, 1.807) is 0 Å². The van der Waals surface area contributed by atoms with Crippen LogP contribution in [0.2, 0.25) is 0 Å². The predicted octanol–water partition coefficient (Wildman–Crippen LogP) is 3.10. The molecule has 0 saturated heterocycles. The van der Waals surface area contributed by atoms with Gasteiger partial charge in [-0.15, -0.1) is 0 Å². The van der Waals surface area contributed by atoms with Crippen LogP contribution in [0, 0.1) is 25.7 Å². The lowest BCUT2D eigenvalue weighted by Gasteiger charge is -1.92. The molecule has 0 atom stereocenters. The summed E-state index contributed by atoms with van der Waals surface area (Å²) in [6.07, 6.45) is 1.83. The van der Waals surface area contributed by atoms with Crippen molar-refractivity contribution in [3.05, 3.63) is 65.0 Å². The highest BCUT2D eigenvalue weighted by Crippen LogP contribution is 2.02. The first kappa shape index (κ1) is 10.4. The minimum Gasteiger partial charge on any atom is -0.248 e. The van der Waals surface area contributed by atoms with Crippen molar-refractivity contribution in [2.75, 3.05) is 0 Å². The molecule has 1 heterocycles. The second kappa shape index (κ2) is 4.63. The molecule has 0 unspecified atom stereocenters. The summed E-state index contributed by atoms with van der Waals surface area (Å²) in [7, 11) is 0. The van der Waals surface area contributed by atoms with Crippen molar-refractivity contribution < 1.29 is 0 Å². The molecule has 0 aliphatic rings. The van der Waals surface area contributed by atoms with E-state index in [9.17, 15) is 0 Å². The monoisotopic (exact) mass is 207 g/mol. The maximum Gasteiger partial charge on any atom is 0.113 e. The van der Waals surface area contributed by atoms with E-state index in [4.69, 9.17) is 0 Å². The van der Waals surface area contributed by atoms with Crippen LogP contribution < -0.4 is 0 Å². The van der Waals surface area contributed by atoms with Gasteiger partial charge in [0, 0.05) is 11.8 Å². The Morgan fingerprint density at radius 1 is 0.812 bits per heavy atom. The van der Waals surface area contributed by atoms with Crippen LogP contribution in [0.1, 0.15) is 22.4 Å². The summed E-state index contributed by atoms with van der Waals surface area (Å²) in [6, 6.07) is 12.1. The zero-order valence-corrected chi connectivity index (χ0v) is 9.49. The van der Waals surface area contributed by atoms with Gasteiger partial charge in [0.25, 0.3) is 0 Å². The first-order chi connectivity index (χ1) is 7.74. The van der Waals surface area contributed by atoms with Crippen molar-refractivity contribution in [3.63, 3.8) is 0 Å². The number of hydrogen-bond donors (Lipinski definition) is 0. The van der Waals surface area contributed by atoms with Gasteiger partial charge in [-0.25, -0.2) is 4.98 Å². The number of hydrogen-bond acceptors (Lipinski definition) is 1. The molecule has 0 radical (unpaired) electrons. The van der Waals surface area contributed by atoms with E-state index in [0.29, 0.717) is 0 Å². The Bertz CT molecular complexity index is 475. The van der Waals surface area contributed by atoms with Gasteiger partial charge in [-0.05, 0) is 43.5 Å². The zero-order valence-electron chi connectivity index (χ0n) is 9.49. The number of benzene rings is 1. The molecule has 0 aliphatic carbocycles. The fourth-order valence-electron chi connectivity index (χ4n) is 1.31. The fraction of sp³-hybridized carbons (Fsp3) is 0.133. The molecule has 1 heteroatoms. The van der Waals surface area contributed by atoms with Gasteiger partial charge in [0.2, 0.25) is 0 Å². The molecular weight excluding hydrogens is 194 g/mol. The molecule has 2 aromatic rings. The molecule has 1 aromatic heterocycles. The summed E-state index contributed by atoms with van der Waals surface area (Å²) >= 11 is 0. The normalized spacial score (nSPS) is 9.38. The predicted molar refractivity (Wildman–Crippen MR) is 66.1 cm³/mol. The van der Waals surface area contributed by atoms with E-state index < -0.39 is 0 Å². The second-order valence-electron chi connectivity index (χ2n) is 3.84. The molecule has 16 heavy (non-hydrogen) atoms. The van der Waals surface area contributed by atoms with Crippen LogP contribution in [0.4, 0.5) is 0 Å². The average molecular weight is 207 g/mol. The van der Waals surface area contributed by atoms with Gasteiger partial charge in [0.1, 0.15) is 5.69 Å². The number of aromatic nitrogens is 1. The standard InChI is InChI=1S/C15H13N/c1-12-3-6-14(7-4-12)8-10-15-9-5-13(2)11-16-15/h3-7,9,11H,1-2H3. The Morgan fingerprint density at radius 2 is 1.50 bits per heavy atom. The van der Waals surface area contributed by atoms with Gasteiger partial charge in [0.05, 0.1) is 0 Å². The summed E-state index contributed by atoms with van der Waals surface area (Å²) in [6.45, 7) is 4.09. The number of aryl methyl sites for hydroxylation is 2. The average Bonchev–Trinajstić information content (AvgIpc) is 2.30. The van der Waals surface area contributed by atoms with E-state index in [-0.39, 0.29) is 0 Å². The second-order valence-corrected chi connectivity index (χ2v) is 3.84. The summed E-state index contributed by atoms with van der Waals surface area (Å²) in [4.78, 5) is 4.24. The molecule has 0 spiro atoms. The molecule has 0 fully saturated rings. The lowest BCUT2D eigenvalue weighted by Crippen LogP contribution is -1.82. The number of pyridine rings is 1. The molecule has 0 saturated carbocycles. The van der Waals surface area contributed by atoms with Gasteiger partial charge in [0.15, 0.2) is 0 Å². The third kappa shape index (κ3) is 2.71. The molecule has 1 nitrogen and oxygen atoms in total. The van der Waals surface area contributed by atoms with Crippen molar-refractivity contribution in [1.29, 1.82) is 0 Å². The van der Waals surface area contributed by atoms with Crippen LogP contribution in [-0.2, 0) is 0 Å². The van der Waals surface area contributed by atoms with Gasteiger partial charge >= 0.3 is 0 Å². The molecule has 0 amide bonds. The van der Waals surface area contributed by atoms with Crippen LogP contribution in [0.5, 0.6) is 0 Å². The Balaban J connectivity index is 2.21. The Hall–Kier alpha value is -2.07. The van der Waals surface area contributed by atoms with Crippen molar-refractivity contribution in [3.8, 4) is 11.8 Å². The van der Waals surface area contributed by atoms with E-state index in [2.05, 4.69) is 35.9 Å². The molecule has 0 N–H and O–H groups in total. The zero-order chi connectivity index (χ0) is 11.4. The SMILES string of the molecule is Cc1ccc(C#Cc2ccc(C)cn2)cc1.